The second-order valence-electron chi connectivity index (χ2n) is 8.48. The van der Waals surface area contributed by atoms with E-state index in [-0.39, 0.29) is 24.5 Å². The van der Waals surface area contributed by atoms with Crippen molar-refractivity contribution in [2.24, 2.45) is 0 Å². The molecule has 0 aliphatic carbocycles. The van der Waals surface area contributed by atoms with Crippen LogP contribution >= 0.6 is 22.9 Å². The van der Waals surface area contributed by atoms with Crippen LogP contribution in [0, 0.1) is 0 Å². The molecular weight excluding hydrogens is 498 g/mol. The molecule has 1 unspecified atom stereocenters. The molecule has 3 amide bonds. The number of thiophene rings is 1. The maximum Gasteiger partial charge on any atom is 0.322 e. The normalized spacial score (nSPS) is 14.6. The third-order valence-electron chi connectivity index (χ3n) is 6.06. The maximum absolute atomic E-state index is 13.6. The Morgan fingerprint density at radius 1 is 1.17 bits per heavy atom. The predicted molar refractivity (Wildman–Crippen MR) is 143 cm³/mol. The summed E-state index contributed by atoms with van der Waals surface area (Å²) in [5.74, 6) is 1.15. The molecule has 0 spiro atoms. The summed E-state index contributed by atoms with van der Waals surface area (Å²) in [6, 6.07) is 15.9. The monoisotopic (exact) mass is 527 g/mol. The molecule has 2 heterocycles. The number of methoxy groups -OCH3 is 1. The van der Waals surface area contributed by atoms with Crippen molar-refractivity contribution in [3.63, 3.8) is 0 Å². The van der Waals surface area contributed by atoms with Gasteiger partial charge in [0.2, 0.25) is 5.91 Å². The number of ether oxygens (including phenoxy) is 2. The molecule has 4 rings (SSSR count). The molecular formula is C27H30ClN3O4S. The number of hydrogen-bond donors (Lipinski definition) is 1. The zero-order chi connectivity index (χ0) is 25.5. The van der Waals surface area contributed by atoms with Gasteiger partial charge < -0.3 is 24.6 Å². The van der Waals surface area contributed by atoms with Crippen LogP contribution in [0.5, 0.6) is 11.5 Å². The summed E-state index contributed by atoms with van der Waals surface area (Å²) in [4.78, 5) is 31.2. The average Bonchev–Trinajstić information content (AvgIpc) is 3.36. The molecule has 3 aromatic rings. The van der Waals surface area contributed by atoms with E-state index in [4.69, 9.17) is 21.1 Å². The van der Waals surface area contributed by atoms with Crippen molar-refractivity contribution in [3.05, 3.63) is 75.4 Å². The summed E-state index contributed by atoms with van der Waals surface area (Å²) in [5.41, 5.74) is 1.69. The number of nitrogens with zero attached hydrogens (tertiary/aromatic N) is 2. The van der Waals surface area contributed by atoms with Gasteiger partial charge in [-0.15, -0.1) is 11.3 Å². The Bertz CT molecular complexity index is 1200. The zero-order valence-corrected chi connectivity index (χ0v) is 22.0. The lowest BCUT2D eigenvalue weighted by Crippen LogP contribution is -2.48. The van der Waals surface area contributed by atoms with Gasteiger partial charge in [0.25, 0.3) is 0 Å². The molecule has 0 saturated carbocycles. The SMILES string of the molecule is CCCN(CC(=O)N1CCc2sccc2C1COc1ccccc1OC)C(=O)Nc1cccc(Cl)c1. The molecule has 190 valence electrons. The fraction of sp³-hybridized carbons (Fsp3) is 0.333. The van der Waals surface area contributed by atoms with Crippen LogP contribution in [-0.4, -0.2) is 55.1 Å². The van der Waals surface area contributed by atoms with Crippen molar-refractivity contribution in [1.82, 2.24) is 9.80 Å². The van der Waals surface area contributed by atoms with Crippen molar-refractivity contribution in [1.29, 1.82) is 0 Å². The first-order valence-electron chi connectivity index (χ1n) is 11.9. The van der Waals surface area contributed by atoms with Crippen molar-refractivity contribution in [2.75, 3.05) is 38.7 Å². The molecule has 1 aliphatic heterocycles. The standard InChI is InChI=1S/C27H30ClN3O4S/c1-3-13-30(27(33)29-20-8-6-7-19(28)16-20)17-26(32)31-14-11-25-21(12-15-36-25)22(31)18-35-24-10-5-4-9-23(24)34-2/h4-10,12,15-16,22H,3,11,13-14,17-18H2,1-2H3,(H,29,33). The number of halogens is 1. The number of anilines is 1. The Morgan fingerprint density at radius 2 is 1.97 bits per heavy atom. The van der Waals surface area contributed by atoms with E-state index in [2.05, 4.69) is 16.8 Å². The number of carbonyl (C=O) groups excluding carboxylic acids is 2. The second kappa shape index (κ2) is 12.1. The molecule has 1 aromatic heterocycles. The summed E-state index contributed by atoms with van der Waals surface area (Å²) >= 11 is 7.75. The number of amides is 3. The third kappa shape index (κ3) is 6.12. The topological polar surface area (TPSA) is 71.1 Å². The fourth-order valence-electron chi connectivity index (χ4n) is 4.33. The van der Waals surface area contributed by atoms with E-state index in [9.17, 15) is 9.59 Å². The van der Waals surface area contributed by atoms with Crippen LogP contribution in [-0.2, 0) is 11.2 Å². The molecule has 1 N–H and O–H groups in total. The number of urea groups is 1. The highest BCUT2D eigenvalue weighted by Crippen LogP contribution is 2.35. The highest BCUT2D eigenvalue weighted by molar-refractivity contribution is 7.10. The van der Waals surface area contributed by atoms with Crippen LogP contribution in [0.3, 0.4) is 0 Å². The molecule has 0 bridgehead atoms. The van der Waals surface area contributed by atoms with Crippen molar-refractivity contribution in [2.45, 2.75) is 25.8 Å². The molecule has 1 atom stereocenters. The Labute approximate surface area is 220 Å². The van der Waals surface area contributed by atoms with E-state index in [1.807, 2.05) is 36.1 Å². The van der Waals surface area contributed by atoms with E-state index in [1.54, 1.807) is 47.6 Å². The van der Waals surface area contributed by atoms with Crippen LogP contribution < -0.4 is 14.8 Å². The molecule has 0 saturated heterocycles. The first kappa shape index (κ1) is 25.9. The number of carbonyl (C=O) groups is 2. The smallest absolute Gasteiger partial charge is 0.322 e. The average molecular weight is 528 g/mol. The molecule has 0 radical (unpaired) electrons. The number of benzene rings is 2. The minimum atomic E-state index is -0.331. The van der Waals surface area contributed by atoms with E-state index >= 15 is 0 Å². The number of para-hydroxylation sites is 2. The van der Waals surface area contributed by atoms with Crippen LogP contribution in [0.25, 0.3) is 0 Å². The van der Waals surface area contributed by atoms with E-state index in [0.29, 0.717) is 41.9 Å². The molecule has 1 aliphatic rings. The van der Waals surface area contributed by atoms with E-state index in [1.165, 1.54) is 4.88 Å². The van der Waals surface area contributed by atoms with Crippen LogP contribution in [0.15, 0.2) is 60.0 Å². The van der Waals surface area contributed by atoms with Crippen LogP contribution in [0.2, 0.25) is 5.02 Å². The molecule has 36 heavy (non-hydrogen) atoms. The number of fused-ring (bicyclic) bond motifs is 1. The first-order chi connectivity index (χ1) is 17.5. The molecule has 2 aromatic carbocycles. The number of rotatable bonds is 9. The Hall–Kier alpha value is -3.23. The van der Waals surface area contributed by atoms with Gasteiger partial charge in [0.15, 0.2) is 11.5 Å². The van der Waals surface area contributed by atoms with Gasteiger partial charge in [-0.25, -0.2) is 4.79 Å². The fourth-order valence-corrected chi connectivity index (χ4v) is 5.45. The van der Waals surface area contributed by atoms with Gasteiger partial charge in [-0.05, 0) is 60.2 Å². The van der Waals surface area contributed by atoms with Gasteiger partial charge in [-0.2, -0.15) is 0 Å². The quantitative estimate of drug-likeness (QED) is 0.378. The Morgan fingerprint density at radius 3 is 2.72 bits per heavy atom. The van der Waals surface area contributed by atoms with Crippen molar-refractivity contribution >= 4 is 40.6 Å². The summed E-state index contributed by atoms with van der Waals surface area (Å²) in [6.45, 7) is 3.27. The summed E-state index contributed by atoms with van der Waals surface area (Å²) in [6.07, 6.45) is 1.51. The lowest BCUT2D eigenvalue weighted by molar-refractivity contribution is -0.135. The number of hydrogen-bond acceptors (Lipinski definition) is 5. The minimum Gasteiger partial charge on any atom is -0.493 e. The van der Waals surface area contributed by atoms with Gasteiger partial charge >= 0.3 is 6.03 Å². The zero-order valence-electron chi connectivity index (χ0n) is 20.4. The minimum absolute atomic E-state index is 0.0229. The van der Waals surface area contributed by atoms with Crippen LogP contribution in [0.1, 0.15) is 29.8 Å². The summed E-state index contributed by atoms with van der Waals surface area (Å²) in [5, 5.41) is 5.44. The maximum atomic E-state index is 13.6. The Balaban J connectivity index is 1.49. The first-order valence-corrected chi connectivity index (χ1v) is 13.2. The third-order valence-corrected chi connectivity index (χ3v) is 7.30. The lowest BCUT2D eigenvalue weighted by Gasteiger charge is -2.37. The van der Waals surface area contributed by atoms with Crippen molar-refractivity contribution in [3.8, 4) is 11.5 Å². The largest absolute Gasteiger partial charge is 0.493 e. The summed E-state index contributed by atoms with van der Waals surface area (Å²) in [7, 11) is 1.60. The predicted octanol–water partition coefficient (Wildman–Crippen LogP) is 5.86. The van der Waals surface area contributed by atoms with E-state index < -0.39 is 0 Å². The number of nitrogens with one attached hydrogen (secondary N) is 1. The molecule has 0 fully saturated rings. The van der Waals surface area contributed by atoms with Gasteiger partial charge in [-0.3, -0.25) is 4.79 Å². The van der Waals surface area contributed by atoms with Gasteiger partial charge in [-0.1, -0.05) is 36.7 Å². The molecule has 7 nitrogen and oxygen atoms in total. The highest BCUT2D eigenvalue weighted by atomic mass is 35.5. The van der Waals surface area contributed by atoms with Gasteiger partial charge in [0.1, 0.15) is 13.2 Å². The van der Waals surface area contributed by atoms with Gasteiger partial charge in [0, 0.05) is 28.7 Å². The van der Waals surface area contributed by atoms with E-state index in [0.717, 1.165) is 18.4 Å². The highest BCUT2D eigenvalue weighted by Gasteiger charge is 2.33. The lowest BCUT2D eigenvalue weighted by atomic mass is 10.0. The summed E-state index contributed by atoms with van der Waals surface area (Å²) < 4.78 is 11.6. The second-order valence-corrected chi connectivity index (χ2v) is 9.91. The molecule has 9 heteroatoms. The van der Waals surface area contributed by atoms with Crippen LogP contribution in [0.4, 0.5) is 10.5 Å². The van der Waals surface area contributed by atoms with Gasteiger partial charge in [0.05, 0.1) is 13.2 Å². The Kier molecular flexibility index (Phi) is 8.72. The van der Waals surface area contributed by atoms with Crippen molar-refractivity contribution < 1.29 is 19.1 Å².